The molecule has 4 heteroatoms. The Bertz CT molecular complexity index is 275. The summed E-state index contributed by atoms with van der Waals surface area (Å²) in [7, 11) is 0. The van der Waals surface area contributed by atoms with Crippen molar-refractivity contribution < 1.29 is 0 Å². The Morgan fingerprint density at radius 3 is 2.79 bits per heavy atom. The van der Waals surface area contributed by atoms with Crippen LogP contribution in [0.25, 0.3) is 0 Å². The van der Waals surface area contributed by atoms with Gasteiger partial charge in [-0.1, -0.05) is 20.3 Å². The van der Waals surface area contributed by atoms with Crippen LogP contribution in [0.2, 0.25) is 0 Å². The van der Waals surface area contributed by atoms with E-state index in [1.54, 1.807) is 11.3 Å². The monoisotopic (exact) mass is 276 g/mol. The fourth-order valence-corrected chi connectivity index (χ4v) is 2.95. The lowest BCUT2D eigenvalue weighted by Gasteiger charge is -2.21. The van der Waals surface area contributed by atoms with Crippen LogP contribution in [-0.4, -0.2) is 6.04 Å². The van der Waals surface area contributed by atoms with Crippen LogP contribution >= 0.6 is 27.3 Å². The van der Waals surface area contributed by atoms with Crippen molar-refractivity contribution in [3.8, 4) is 0 Å². The molecule has 0 saturated heterocycles. The first-order valence-corrected chi connectivity index (χ1v) is 6.54. The van der Waals surface area contributed by atoms with Crippen LogP contribution in [0.5, 0.6) is 0 Å². The molecule has 2 nitrogen and oxygen atoms in total. The van der Waals surface area contributed by atoms with E-state index in [0.717, 1.165) is 12.8 Å². The normalized spacial score (nSPS) is 15.4. The van der Waals surface area contributed by atoms with Crippen LogP contribution in [0.15, 0.2) is 15.9 Å². The topological polar surface area (TPSA) is 38.0 Å². The Labute approximate surface area is 98.0 Å². The maximum Gasteiger partial charge on any atom is 0.0314 e. The van der Waals surface area contributed by atoms with Crippen molar-refractivity contribution in [1.29, 1.82) is 0 Å². The molecule has 0 aliphatic carbocycles. The van der Waals surface area contributed by atoms with Crippen LogP contribution in [0.1, 0.15) is 25.1 Å². The van der Waals surface area contributed by atoms with Crippen molar-refractivity contribution >= 4 is 27.3 Å². The molecule has 0 bridgehead atoms. The maximum atomic E-state index is 5.56. The summed E-state index contributed by atoms with van der Waals surface area (Å²) in [4.78, 5) is 1.37. The molecule has 0 radical (unpaired) electrons. The minimum atomic E-state index is 0.370. The third-order valence-corrected chi connectivity index (χ3v) is 4.59. The van der Waals surface area contributed by atoms with E-state index in [2.05, 4.69) is 46.6 Å². The highest BCUT2D eigenvalue weighted by atomic mass is 79.9. The molecule has 0 aliphatic heterocycles. The third-order valence-electron chi connectivity index (χ3n) is 2.64. The predicted molar refractivity (Wildman–Crippen MR) is 66.3 cm³/mol. The molecule has 0 spiro atoms. The first-order valence-electron chi connectivity index (χ1n) is 4.87. The smallest absolute Gasteiger partial charge is 0.0314 e. The van der Waals surface area contributed by atoms with Crippen molar-refractivity contribution in [3.63, 3.8) is 0 Å². The van der Waals surface area contributed by atoms with E-state index in [0.29, 0.717) is 12.0 Å². The van der Waals surface area contributed by atoms with Gasteiger partial charge in [0.1, 0.15) is 0 Å². The van der Waals surface area contributed by atoms with Gasteiger partial charge in [-0.3, -0.25) is 11.3 Å². The van der Waals surface area contributed by atoms with Crippen molar-refractivity contribution in [1.82, 2.24) is 5.43 Å². The van der Waals surface area contributed by atoms with Gasteiger partial charge in [-0.15, -0.1) is 11.3 Å². The van der Waals surface area contributed by atoms with E-state index in [1.807, 2.05) is 0 Å². The van der Waals surface area contributed by atoms with Crippen LogP contribution < -0.4 is 11.3 Å². The molecule has 1 aromatic heterocycles. The fraction of sp³-hybridized carbons (Fsp3) is 0.600. The van der Waals surface area contributed by atoms with E-state index in [1.165, 1.54) is 9.35 Å². The number of nitrogens with one attached hydrogen (secondary N) is 1. The number of halogens is 1. The Balaban J connectivity index is 2.61. The van der Waals surface area contributed by atoms with Crippen LogP contribution in [0.3, 0.4) is 0 Å². The molecule has 2 unspecified atom stereocenters. The van der Waals surface area contributed by atoms with Crippen molar-refractivity contribution in [3.05, 3.63) is 20.8 Å². The summed E-state index contributed by atoms with van der Waals surface area (Å²) in [5, 5.41) is 2.10. The van der Waals surface area contributed by atoms with E-state index in [-0.39, 0.29) is 0 Å². The van der Waals surface area contributed by atoms with Crippen LogP contribution in [0.4, 0.5) is 0 Å². The minimum absolute atomic E-state index is 0.370. The SMILES string of the molecule is CCC(C)C(Cc1sccc1Br)NN. The Morgan fingerprint density at radius 1 is 1.64 bits per heavy atom. The average molecular weight is 277 g/mol. The first kappa shape index (κ1) is 12.2. The average Bonchev–Trinajstić information content (AvgIpc) is 2.59. The second kappa shape index (κ2) is 5.85. The molecular formula is C10H17BrN2S. The number of hydrazine groups is 1. The number of thiophene rings is 1. The first-order chi connectivity index (χ1) is 6.69. The Kier molecular flexibility index (Phi) is 5.09. The molecule has 0 fully saturated rings. The lowest BCUT2D eigenvalue weighted by Crippen LogP contribution is -2.41. The Hall–Kier alpha value is 0.1000. The summed E-state index contributed by atoms with van der Waals surface area (Å²) < 4.78 is 1.20. The maximum absolute atomic E-state index is 5.56. The largest absolute Gasteiger partial charge is 0.271 e. The summed E-state index contributed by atoms with van der Waals surface area (Å²) in [6.45, 7) is 4.42. The second-order valence-electron chi connectivity index (χ2n) is 3.55. The summed E-state index contributed by atoms with van der Waals surface area (Å²) in [5.74, 6) is 6.16. The zero-order valence-electron chi connectivity index (χ0n) is 8.59. The summed E-state index contributed by atoms with van der Waals surface area (Å²) in [6, 6.07) is 2.46. The molecule has 2 atom stereocenters. The highest BCUT2D eigenvalue weighted by Gasteiger charge is 2.16. The predicted octanol–water partition coefficient (Wildman–Crippen LogP) is 2.93. The molecule has 14 heavy (non-hydrogen) atoms. The van der Waals surface area contributed by atoms with Gasteiger partial charge in [0.05, 0.1) is 0 Å². The number of rotatable bonds is 5. The molecule has 0 saturated carbocycles. The number of hydrogen-bond donors (Lipinski definition) is 2. The standard InChI is InChI=1S/C10H17BrN2S/c1-3-7(2)9(13-12)6-10-8(11)4-5-14-10/h4-5,7,9,13H,3,6,12H2,1-2H3. The quantitative estimate of drug-likeness (QED) is 0.641. The van der Waals surface area contributed by atoms with Gasteiger partial charge in [-0.2, -0.15) is 0 Å². The van der Waals surface area contributed by atoms with E-state index >= 15 is 0 Å². The van der Waals surface area contributed by atoms with Gasteiger partial charge in [0.15, 0.2) is 0 Å². The summed E-state index contributed by atoms with van der Waals surface area (Å²) >= 11 is 5.32. The molecule has 0 aliphatic rings. The summed E-state index contributed by atoms with van der Waals surface area (Å²) in [5.41, 5.74) is 2.90. The van der Waals surface area contributed by atoms with Gasteiger partial charge in [0, 0.05) is 15.4 Å². The van der Waals surface area contributed by atoms with Crippen LogP contribution in [-0.2, 0) is 6.42 Å². The molecule has 1 rings (SSSR count). The van der Waals surface area contributed by atoms with Gasteiger partial charge in [-0.05, 0) is 39.7 Å². The zero-order chi connectivity index (χ0) is 10.6. The zero-order valence-corrected chi connectivity index (χ0v) is 11.0. The fourth-order valence-electron chi connectivity index (χ4n) is 1.38. The van der Waals surface area contributed by atoms with Gasteiger partial charge in [0.25, 0.3) is 0 Å². The van der Waals surface area contributed by atoms with E-state index in [4.69, 9.17) is 5.84 Å². The molecule has 0 amide bonds. The van der Waals surface area contributed by atoms with Gasteiger partial charge in [-0.25, -0.2) is 0 Å². The van der Waals surface area contributed by atoms with Crippen molar-refractivity contribution in [2.45, 2.75) is 32.7 Å². The molecular weight excluding hydrogens is 260 g/mol. The molecule has 3 N–H and O–H groups in total. The van der Waals surface area contributed by atoms with Crippen molar-refractivity contribution in [2.75, 3.05) is 0 Å². The molecule has 80 valence electrons. The van der Waals surface area contributed by atoms with Gasteiger partial charge >= 0.3 is 0 Å². The second-order valence-corrected chi connectivity index (χ2v) is 5.41. The van der Waals surface area contributed by atoms with E-state index < -0.39 is 0 Å². The number of nitrogens with two attached hydrogens (primary N) is 1. The lowest BCUT2D eigenvalue weighted by atomic mass is 9.96. The molecule has 0 aromatic carbocycles. The highest BCUT2D eigenvalue weighted by Crippen LogP contribution is 2.25. The van der Waals surface area contributed by atoms with E-state index in [9.17, 15) is 0 Å². The minimum Gasteiger partial charge on any atom is -0.271 e. The van der Waals surface area contributed by atoms with Crippen LogP contribution in [0, 0.1) is 5.92 Å². The van der Waals surface area contributed by atoms with Gasteiger partial charge < -0.3 is 0 Å². The molecule has 1 heterocycles. The lowest BCUT2D eigenvalue weighted by molar-refractivity contribution is 0.371. The highest BCUT2D eigenvalue weighted by molar-refractivity contribution is 9.10. The third kappa shape index (κ3) is 3.05. The number of hydrogen-bond acceptors (Lipinski definition) is 3. The summed E-state index contributed by atoms with van der Waals surface area (Å²) in [6.07, 6.45) is 2.15. The van der Waals surface area contributed by atoms with Crippen molar-refractivity contribution in [2.24, 2.45) is 11.8 Å². The Morgan fingerprint density at radius 2 is 2.36 bits per heavy atom. The molecule has 1 aromatic rings. The van der Waals surface area contributed by atoms with Gasteiger partial charge in [0.2, 0.25) is 0 Å².